The van der Waals surface area contributed by atoms with Crippen molar-refractivity contribution in [2.45, 2.75) is 24.5 Å². The van der Waals surface area contributed by atoms with E-state index in [-0.39, 0.29) is 5.91 Å². The van der Waals surface area contributed by atoms with Crippen LogP contribution in [0.3, 0.4) is 0 Å². The summed E-state index contributed by atoms with van der Waals surface area (Å²) in [6.45, 7) is 4.74. The van der Waals surface area contributed by atoms with E-state index in [1.54, 1.807) is 18.9 Å². The third-order valence-corrected chi connectivity index (χ3v) is 5.16. The van der Waals surface area contributed by atoms with Gasteiger partial charge in [-0.3, -0.25) is 4.79 Å². The van der Waals surface area contributed by atoms with E-state index < -0.39 is 0 Å². The normalized spacial score (nSPS) is 10.7. The lowest BCUT2D eigenvalue weighted by molar-refractivity contribution is 0.0770. The van der Waals surface area contributed by atoms with Gasteiger partial charge in [-0.05, 0) is 38.1 Å². The molecule has 0 aliphatic heterocycles. The molecule has 2 aromatic carbocycles. The van der Waals surface area contributed by atoms with E-state index in [2.05, 4.69) is 10.1 Å². The van der Waals surface area contributed by atoms with E-state index in [0.29, 0.717) is 36.2 Å². The fraction of sp³-hybridized carbons (Fsp3) is 0.286. The Morgan fingerprint density at radius 1 is 1.14 bits per heavy atom. The van der Waals surface area contributed by atoms with Crippen LogP contribution in [0.1, 0.15) is 27.6 Å². The number of thioether (sulfide) groups is 1. The minimum absolute atomic E-state index is 0.0442. The Morgan fingerprint density at radius 2 is 1.89 bits per heavy atom. The van der Waals surface area contributed by atoms with E-state index in [0.717, 1.165) is 10.6 Å². The molecule has 0 aliphatic rings. The van der Waals surface area contributed by atoms with Gasteiger partial charge in [-0.25, -0.2) is 0 Å². The summed E-state index contributed by atoms with van der Waals surface area (Å²) in [5, 5.41) is 3.79. The van der Waals surface area contributed by atoms with Crippen molar-refractivity contribution in [2.24, 2.45) is 0 Å². The summed E-state index contributed by atoms with van der Waals surface area (Å²) in [5.74, 6) is 2.43. The minimum atomic E-state index is -0.0442. The number of carbonyl (C=O) groups excluding carboxylic acids is 1. The molecule has 1 heterocycles. The zero-order valence-corrected chi connectivity index (χ0v) is 17.0. The molecule has 6 nitrogen and oxygen atoms in total. The molecule has 0 spiro atoms. The summed E-state index contributed by atoms with van der Waals surface area (Å²) in [4.78, 5) is 19.6. The number of rotatable bonds is 8. The van der Waals surface area contributed by atoms with Gasteiger partial charge in [0.15, 0.2) is 5.82 Å². The molecule has 146 valence electrons. The van der Waals surface area contributed by atoms with Crippen molar-refractivity contribution in [1.82, 2.24) is 15.0 Å². The second-order valence-corrected chi connectivity index (χ2v) is 7.43. The summed E-state index contributed by atoms with van der Waals surface area (Å²) >= 11 is 1.51. The number of carbonyl (C=O) groups is 1. The third kappa shape index (κ3) is 5.36. The van der Waals surface area contributed by atoms with Crippen LogP contribution in [0.2, 0.25) is 0 Å². The molecule has 0 N–H and O–H groups in total. The Morgan fingerprint density at radius 3 is 2.61 bits per heavy atom. The van der Waals surface area contributed by atoms with Crippen LogP contribution in [0.4, 0.5) is 0 Å². The zero-order chi connectivity index (χ0) is 19.9. The molecule has 1 amide bonds. The molecule has 0 atom stereocenters. The van der Waals surface area contributed by atoms with Crippen molar-refractivity contribution >= 4 is 17.7 Å². The molecule has 0 aliphatic carbocycles. The molecule has 28 heavy (non-hydrogen) atoms. The molecule has 0 bridgehead atoms. The maximum Gasteiger partial charge on any atom is 0.254 e. The number of nitrogens with zero attached hydrogens (tertiary/aromatic N) is 3. The second kappa shape index (κ2) is 9.41. The van der Waals surface area contributed by atoms with E-state index in [1.807, 2.05) is 55.5 Å². The van der Waals surface area contributed by atoms with Crippen molar-refractivity contribution in [3.05, 3.63) is 71.4 Å². The molecule has 0 unspecified atom stereocenters. The maximum atomic E-state index is 12.9. The lowest BCUT2D eigenvalue weighted by Crippen LogP contribution is -2.31. The summed E-state index contributed by atoms with van der Waals surface area (Å²) < 4.78 is 10.9. The number of aryl methyl sites for hydroxylation is 2. The minimum Gasteiger partial charge on any atom is -0.492 e. The van der Waals surface area contributed by atoms with Gasteiger partial charge in [0.25, 0.3) is 5.91 Å². The first-order valence-corrected chi connectivity index (χ1v) is 9.97. The monoisotopic (exact) mass is 397 g/mol. The number of hydrogen-bond acceptors (Lipinski definition) is 6. The van der Waals surface area contributed by atoms with Gasteiger partial charge in [0.05, 0.1) is 17.9 Å². The summed E-state index contributed by atoms with van der Waals surface area (Å²) in [6, 6.07) is 15.4. The first-order valence-electron chi connectivity index (χ1n) is 8.99. The van der Waals surface area contributed by atoms with Gasteiger partial charge in [-0.2, -0.15) is 4.98 Å². The van der Waals surface area contributed by atoms with Gasteiger partial charge in [0, 0.05) is 11.9 Å². The molecular weight excluding hydrogens is 374 g/mol. The highest BCUT2D eigenvalue weighted by molar-refractivity contribution is 7.98. The van der Waals surface area contributed by atoms with Crippen molar-refractivity contribution < 1.29 is 14.1 Å². The molecule has 1 aromatic heterocycles. The molecule has 0 saturated heterocycles. The van der Waals surface area contributed by atoms with Crippen LogP contribution < -0.4 is 4.74 Å². The highest BCUT2D eigenvalue weighted by Gasteiger charge is 2.16. The lowest BCUT2D eigenvalue weighted by atomic mass is 10.2. The first kappa shape index (κ1) is 19.9. The predicted octanol–water partition coefficient (Wildman–Crippen LogP) is 4.13. The van der Waals surface area contributed by atoms with Gasteiger partial charge < -0.3 is 14.2 Å². The van der Waals surface area contributed by atoms with Crippen LogP contribution in [0, 0.1) is 13.8 Å². The Hall–Kier alpha value is -2.80. The Bertz CT molecular complexity index is 925. The predicted molar refractivity (Wildman–Crippen MR) is 109 cm³/mol. The Kier molecular flexibility index (Phi) is 6.71. The standard InChI is InChI=1S/C21H23N3O3S/c1-15-8-10-17(11-9-15)26-13-12-24(3)21(25)18-6-4-5-7-19(18)28-14-20-22-16(2)23-27-20/h4-11H,12-14H2,1-3H3. The van der Waals surface area contributed by atoms with Crippen LogP contribution in [0.15, 0.2) is 57.9 Å². The fourth-order valence-corrected chi connectivity index (χ4v) is 3.43. The van der Waals surface area contributed by atoms with Crippen LogP contribution in [0.25, 0.3) is 0 Å². The van der Waals surface area contributed by atoms with Crippen molar-refractivity contribution in [1.29, 1.82) is 0 Å². The SMILES string of the molecule is Cc1ccc(OCCN(C)C(=O)c2ccccc2SCc2nc(C)no2)cc1. The average Bonchev–Trinajstić information content (AvgIpc) is 3.12. The van der Waals surface area contributed by atoms with Crippen molar-refractivity contribution in [2.75, 3.05) is 20.2 Å². The molecule has 0 fully saturated rings. The smallest absolute Gasteiger partial charge is 0.254 e. The number of aromatic nitrogens is 2. The third-order valence-electron chi connectivity index (χ3n) is 4.10. The van der Waals surface area contributed by atoms with Gasteiger partial charge in [0.2, 0.25) is 5.89 Å². The Labute approximate surface area is 168 Å². The van der Waals surface area contributed by atoms with Crippen LogP contribution in [0.5, 0.6) is 5.75 Å². The highest BCUT2D eigenvalue weighted by Crippen LogP contribution is 2.26. The summed E-state index contributed by atoms with van der Waals surface area (Å²) in [7, 11) is 1.78. The van der Waals surface area contributed by atoms with Crippen LogP contribution in [-0.4, -0.2) is 41.1 Å². The molecule has 0 radical (unpaired) electrons. The number of ether oxygens (including phenoxy) is 1. The van der Waals surface area contributed by atoms with Gasteiger partial charge in [-0.15, -0.1) is 11.8 Å². The van der Waals surface area contributed by atoms with E-state index in [9.17, 15) is 4.79 Å². The summed E-state index contributed by atoms with van der Waals surface area (Å²) in [5.41, 5.74) is 1.84. The van der Waals surface area contributed by atoms with Crippen LogP contribution >= 0.6 is 11.8 Å². The first-order chi connectivity index (χ1) is 13.5. The lowest BCUT2D eigenvalue weighted by Gasteiger charge is -2.19. The van der Waals surface area contributed by atoms with Gasteiger partial charge in [0.1, 0.15) is 12.4 Å². The number of hydrogen-bond donors (Lipinski definition) is 0. The second-order valence-electron chi connectivity index (χ2n) is 6.41. The van der Waals surface area contributed by atoms with Crippen molar-refractivity contribution in [3.8, 4) is 5.75 Å². The maximum absolute atomic E-state index is 12.9. The molecular formula is C21H23N3O3S. The average molecular weight is 398 g/mol. The largest absolute Gasteiger partial charge is 0.492 e. The van der Waals surface area contributed by atoms with Gasteiger partial charge >= 0.3 is 0 Å². The Balaban J connectivity index is 1.57. The van der Waals surface area contributed by atoms with Crippen LogP contribution in [-0.2, 0) is 5.75 Å². The van der Waals surface area contributed by atoms with Crippen molar-refractivity contribution in [3.63, 3.8) is 0 Å². The molecule has 3 aromatic rings. The van der Waals surface area contributed by atoms with E-state index >= 15 is 0 Å². The molecule has 3 rings (SSSR count). The van der Waals surface area contributed by atoms with E-state index in [4.69, 9.17) is 9.26 Å². The highest BCUT2D eigenvalue weighted by atomic mass is 32.2. The summed E-state index contributed by atoms with van der Waals surface area (Å²) in [6.07, 6.45) is 0. The van der Waals surface area contributed by atoms with Gasteiger partial charge in [-0.1, -0.05) is 35.0 Å². The number of benzene rings is 2. The fourth-order valence-electron chi connectivity index (χ4n) is 2.55. The number of amides is 1. The quantitative estimate of drug-likeness (QED) is 0.533. The topological polar surface area (TPSA) is 68.5 Å². The number of likely N-dealkylation sites (N-methyl/N-ethyl adjacent to an activating group) is 1. The zero-order valence-electron chi connectivity index (χ0n) is 16.2. The molecule has 7 heteroatoms. The van der Waals surface area contributed by atoms with E-state index in [1.165, 1.54) is 17.3 Å². The molecule has 0 saturated carbocycles.